The summed E-state index contributed by atoms with van der Waals surface area (Å²) in [5.41, 5.74) is 3.28. The molecule has 170 valence electrons. The Morgan fingerprint density at radius 3 is 2.69 bits per heavy atom. The summed E-state index contributed by atoms with van der Waals surface area (Å²) < 4.78 is 2.22. The van der Waals surface area contributed by atoms with E-state index in [1.807, 2.05) is 6.07 Å². The van der Waals surface area contributed by atoms with Gasteiger partial charge in [-0.3, -0.25) is 4.79 Å². The molecule has 3 aromatic rings. The van der Waals surface area contributed by atoms with Gasteiger partial charge in [0.2, 0.25) is 5.91 Å². The van der Waals surface area contributed by atoms with E-state index in [2.05, 4.69) is 63.0 Å². The number of nitrogens with zero attached hydrogens (tertiary/aromatic N) is 4. The molecule has 5 rings (SSSR count). The first-order valence-electron chi connectivity index (χ1n) is 12.3. The molecule has 0 aliphatic carbocycles. The fraction of sp³-hybridized carbons (Fsp3) is 0.538. The average Bonchev–Trinajstić information content (AvgIpc) is 3.33. The summed E-state index contributed by atoms with van der Waals surface area (Å²) in [6.45, 7) is 7.17. The van der Waals surface area contributed by atoms with E-state index in [1.165, 1.54) is 25.8 Å². The fourth-order valence-electron chi connectivity index (χ4n) is 5.42. The summed E-state index contributed by atoms with van der Waals surface area (Å²) in [5.74, 6) is 1.38. The number of hydrogen-bond donors (Lipinski definition) is 1. The molecule has 0 radical (unpaired) electrons. The van der Waals surface area contributed by atoms with Crippen LogP contribution in [-0.4, -0.2) is 59.0 Å². The molecular formula is C26H35N5O. The Bertz CT molecular complexity index is 1070. The molecule has 2 saturated heterocycles. The van der Waals surface area contributed by atoms with Crippen LogP contribution in [0.5, 0.6) is 0 Å². The monoisotopic (exact) mass is 433 g/mol. The van der Waals surface area contributed by atoms with Crippen LogP contribution >= 0.6 is 0 Å². The van der Waals surface area contributed by atoms with Gasteiger partial charge in [0.1, 0.15) is 0 Å². The van der Waals surface area contributed by atoms with E-state index in [4.69, 9.17) is 4.98 Å². The Kier molecular flexibility index (Phi) is 6.30. The molecule has 2 aliphatic heterocycles. The second-order valence-corrected chi connectivity index (χ2v) is 9.47. The van der Waals surface area contributed by atoms with E-state index in [0.717, 1.165) is 67.8 Å². The second kappa shape index (κ2) is 9.49. The zero-order valence-corrected chi connectivity index (χ0v) is 19.2. The third kappa shape index (κ3) is 4.33. The Morgan fingerprint density at radius 2 is 1.84 bits per heavy atom. The highest BCUT2D eigenvalue weighted by molar-refractivity contribution is 5.85. The molecule has 2 aromatic heterocycles. The summed E-state index contributed by atoms with van der Waals surface area (Å²) in [5, 5.41) is 3.21. The number of aromatic nitrogens is 2. The van der Waals surface area contributed by atoms with Crippen LogP contribution < -0.4 is 10.2 Å². The quantitative estimate of drug-likeness (QED) is 0.595. The van der Waals surface area contributed by atoms with Gasteiger partial charge in [0.15, 0.2) is 5.82 Å². The summed E-state index contributed by atoms with van der Waals surface area (Å²) >= 11 is 0. The van der Waals surface area contributed by atoms with E-state index >= 15 is 0 Å². The van der Waals surface area contributed by atoms with Crippen molar-refractivity contribution in [3.8, 4) is 0 Å². The fourth-order valence-corrected chi connectivity index (χ4v) is 5.42. The maximum atomic E-state index is 12.7. The minimum Gasteiger partial charge on any atom is -0.356 e. The molecule has 2 fully saturated rings. The van der Waals surface area contributed by atoms with Crippen molar-refractivity contribution in [2.24, 2.45) is 5.92 Å². The molecule has 1 N–H and O–H groups in total. The van der Waals surface area contributed by atoms with Crippen molar-refractivity contribution in [2.75, 3.05) is 37.6 Å². The number of para-hydroxylation sites is 2. The lowest BCUT2D eigenvalue weighted by atomic mass is 9.96. The Balaban J connectivity index is 1.15. The Labute approximate surface area is 190 Å². The maximum Gasteiger partial charge on any atom is 0.223 e. The topological polar surface area (TPSA) is 52.9 Å². The van der Waals surface area contributed by atoms with Crippen molar-refractivity contribution >= 4 is 28.3 Å². The van der Waals surface area contributed by atoms with Gasteiger partial charge < -0.3 is 19.5 Å². The summed E-state index contributed by atoms with van der Waals surface area (Å²) in [7, 11) is 0. The predicted octanol–water partition coefficient (Wildman–Crippen LogP) is 4.08. The number of nitrogens with one attached hydrogen (secondary N) is 1. The lowest BCUT2D eigenvalue weighted by Crippen LogP contribution is -2.42. The number of carbonyl (C=O) groups excluding carboxylic acids is 1. The van der Waals surface area contributed by atoms with Crippen LogP contribution in [0, 0.1) is 5.92 Å². The SMILES string of the molecule is CC1CCCCN1CCCNC(=O)C1CCN(c2nc3ccccc3n3cccc23)CC1. The van der Waals surface area contributed by atoms with Crippen molar-refractivity contribution in [3.05, 3.63) is 42.6 Å². The van der Waals surface area contributed by atoms with Crippen molar-refractivity contribution in [1.82, 2.24) is 19.6 Å². The van der Waals surface area contributed by atoms with Crippen LogP contribution in [0.4, 0.5) is 5.82 Å². The number of likely N-dealkylation sites (tertiary alicyclic amines) is 1. The van der Waals surface area contributed by atoms with Crippen molar-refractivity contribution in [2.45, 2.75) is 51.5 Å². The lowest BCUT2D eigenvalue weighted by molar-refractivity contribution is -0.125. The molecule has 6 heteroatoms. The third-order valence-electron chi connectivity index (χ3n) is 7.37. The van der Waals surface area contributed by atoms with Crippen LogP contribution in [0.3, 0.4) is 0 Å². The highest BCUT2D eigenvalue weighted by atomic mass is 16.1. The van der Waals surface area contributed by atoms with Gasteiger partial charge in [0, 0.05) is 44.3 Å². The zero-order chi connectivity index (χ0) is 21.9. The van der Waals surface area contributed by atoms with E-state index in [1.54, 1.807) is 0 Å². The van der Waals surface area contributed by atoms with Gasteiger partial charge in [-0.1, -0.05) is 18.6 Å². The molecule has 0 bridgehead atoms. The second-order valence-electron chi connectivity index (χ2n) is 9.47. The minimum atomic E-state index is 0.114. The van der Waals surface area contributed by atoms with Crippen LogP contribution in [0.15, 0.2) is 42.6 Å². The molecule has 1 amide bonds. The average molecular weight is 434 g/mol. The molecule has 6 nitrogen and oxygen atoms in total. The summed E-state index contributed by atoms with van der Waals surface area (Å²) in [6, 6.07) is 13.2. The number of rotatable bonds is 6. The van der Waals surface area contributed by atoms with Gasteiger partial charge in [-0.05, 0) is 69.8 Å². The zero-order valence-electron chi connectivity index (χ0n) is 19.2. The molecule has 1 unspecified atom stereocenters. The third-order valence-corrected chi connectivity index (χ3v) is 7.37. The predicted molar refractivity (Wildman–Crippen MR) is 130 cm³/mol. The van der Waals surface area contributed by atoms with Crippen LogP contribution in [0.25, 0.3) is 16.6 Å². The molecule has 32 heavy (non-hydrogen) atoms. The Hall–Kier alpha value is -2.60. The van der Waals surface area contributed by atoms with Crippen LogP contribution in [0.1, 0.15) is 45.4 Å². The molecule has 1 aromatic carbocycles. The maximum absolute atomic E-state index is 12.7. The summed E-state index contributed by atoms with van der Waals surface area (Å²) in [6.07, 6.45) is 8.91. The molecule has 1 atom stereocenters. The van der Waals surface area contributed by atoms with E-state index in [0.29, 0.717) is 6.04 Å². The number of amides is 1. The number of piperidine rings is 2. The molecule has 0 saturated carbocycles. The van der Waals surface area contributed by atoms with Crippen molar-refractivity contribution in [1.29, 1.82) is 0 Å². The highest BCUT2D eigenvalue weighted by Gasteiger charge is 2.27. The first kappa shape index (κ1) is 21.3. The standard InChI is InChI=1S/C26H35N5O/c1-20-8-4-5-15-29(20)16-7-14-27-26(32)21-12-18-30(19-13-21)25-24-11-6-17-31(24)23-10-3-2-9-22(23)28-25/h2-3,6,9-11,17,20-21H,4-5,7-8,12-16,18-19H2,1H3,(H,27,32). The largest absolute Gasteiger partial charge is 0.356 e. The number of benzene rings is 1. The Morgan fingerprint density at radius 1 is 1.03 bits per heavy atom. The van der Waals surface area contributed by atoms with Gasteiger partial charge >= 0.3 is 0 Å². The van der Waals surface area contributed by atoms with Gasteiger partial charge in [-0.2, -0.15) is 0 Å². The number of anilines is 1. The molecular weight excluding hydrogens is 398 g/mol. The van der Waals surface area contributed by atoms with E-state index < -0.39 is 0 Å². The minimum absolute atomic E-state index is 0.114. The van der Waals surface area contributed by atoms with Gasteiger partial charge in [-0.25, -0.2) is 4.98 Å². The normalized spacial score (nSPS) is 20.8. The summed E-state index contributed by atoms with van der Waals surface area (Å²) in [4.78, 5) is 22.6. The molecule has 0 spiro atoms. The van der Waals surface area contributed by atoms with Crippen molar-refractivity contribution < 1.29 is 4.79 Å². The highest BCUT2D eigenvalue weighted by Crippen LogP contribution is 2.29. The van der Waals surface area contributed by atoms with Gasteiger partial charge in [-0.15, -0.1) is 0 Å². The first-order chi connectivity index (χ1) is 15.7. The number of carbonyl (C=O) groups is 1. The number of hydrogen-bond acceptors (Lipinski definition) is 4. The van der Waals surface area contributed by atoms with Crippen molar-refractivity contribution in [3.63, 3.8) is 0 Å². The van der Waals surface area contributed by atoms with Crippen LogP contribution in [0.2, 0.25) is 0 Å². The lowest BCUT2D eigenvalue weighted by Gasteiger charge is -2.34. The van der Waals surface area contributed by atoms with Gasteiger partial charge in [0.25, 0.3) is 0 Å². The van der Waals surface area contributed by atoms with Crippen LogP contribution in [-0.2, 0) is 4.79 Å². The van der Waals surface area contributed by atoms with E-state index in [9.17, 15) is 4.79 Å². The smallest absolute Gasteiger partial charge is 0.223 e. The van der Waals surface area contributed by atoms with E-state index in [-0.39, 0.29) is 11.8 Å². The molecule has 4 heterocycles. The molecule has 2 aliphatic rings. The number of fused-ring (bicyclic) bond motifs is 3. The first-order valence-corrected chi connectivity index (χ1v) is 12.3. The van der Waals surface area contributed by atoms with Gasteiger partial charge in [0.05, 0.1) is 16.6 Å².